The lowest BCUT2D eigenvalue weighted by Crippen LogP contribution is -2.30. The van der Waals surface area contributed by atoms with E-state index < -0.39 is 97.5 Å². The van der Waals surface area contributed by atoms with Crippen molar-refractivity contribution in [3.05, 3.63) is 24.3 Å². The van der Waals surface area contributed by atoms with Gasteiger partial charge in [-0.25, -0.2) is 9.13 Å². The van der Waals surface area contributed by atoms with Crippen LogP contribution in [0.5, 0.6) is 0 Å². The third-order valence-corrected chi connectivity index (χ3v) is 18.7. The number of hydrogen-bond acceptors (Lipinski definition) is 15. The molecular weight excluding hydrogens is 1230 g/mol. The third kappa shape index (κ3) is 68.1. The number of carbonyl (C=O) groups is 4. The molecule has 94 heavy (non-hydrogen) atoms. The number of carbonyl (C=O) groups excluding carboxylic acids is 4. The summed E-state index contributed by atoms with van der Waals surface area (Å²) in [6.07, 6.45) is 56.5. The van der Waals surface area contributed by atoms with Crippen molar-refractivity contribution >= 4 is 39.5 Å². The number of phosphoric ester groups is 2. The van der Waals surface area contributed by atoms with E-state index in [4.69, 9.17) is 37.0 Å². The van der Waals surface area contributed by atoms with Gasteiger partial charge in [0.15, 0.2) is 12.2 Å². The van der Waals surface area contributed by atoms with Gasteiger partial charge in [-0.15, -0.1) is 0 Å². The minimum absolute atomic E-state index is 0.101. The van der Waals surface area contributed by atoms with Crippen molar-refractivity contribution in [2.75, 3.05) is 39.6 Å². The highest BCUT2D eigenvalue weighted by atomic mass is 31.2. The number of unbranched alkanes of at least 4 members (excludes halogenated alkanes) is 39. The molecule has 0 radical (unpaired) electrons. The van der Waals surface area contributed by atoms with Crippen LogP contribution in [0, 0.1) is 11.8 Å². The summed E-state index contributed by atoms with van der Waals surface area (Å²) >= 11 is 0. The number of ether oxygens (including phenoxy) is 4. The van der Waals surface area contributed by atoms with Gasteiger partial charge in [-0.05, 0) is 63.2 Å². The monoisotopic (exact) mass is 1380 g/mol. The van der Waals surface area contributed by atoms with Gasteiger partial charge in [-0.1, -0.05) is 310 Å². The second-order valence-electron chi connectivity index (χ2n) is 27.3. The highest BCUT2D eigenvalue weighted by Gasteiger charge is 2.30. The smallest absolute Gasteiger partial charge is 0.462 e. The lowest BCUT2D eigenvalue weighted by molar-refractivity contribution is -0.161. The van der Waals surface area contributed by atoms with E-state index in [2.05, 4.69) is 65.8 Å². The van der Waals surface area contributed by atoms with Crippen LogP contribution in [-0.4, -0.2) is 96.7 Å². The maximum atomic E-state index is 13.1. The molecule has 0 aromatic carbocycles. The number of rotatable bonds is 72. The topological polar surface area (TPSA) is 237 Å². The molecule has 0 heterocycles. The molecule has 0 fully saturated rings. The number of phosphoric acid groups is 2. The van der Waals surface area contributed by atoms with Gasteiger partial charge in [0.1, 0.15) is 19.3 Å². The predicted molar refractivity (Wildman–Crippen MR) is 381 cm³/mol. The van der Waals surface area contributed by atoms with Crippen molar-refractivity contribution in [1.29, 1.82) is 0 Å². The predicted octanol–water partition coefficient (Wildman–Crippen LogP) is 21.5. The van der Waals surface area contributed by atoms with Crippen LogP contribution in [-0.2, 0) is 65.4 Å². The molecule has 0 aromatic heterocycles. The van der Waals surface area contributed by atoms with Crippen LogP contribution >= 0.6 is 15.6 Å². The van der Waals surface area contributed by atoms with Crippen LogP contribution in [0.3, 0.4) is 0 Å². The molecule has 554 valence electrons. The van der Waals surface area contributed by atoms with Crippen LogP contribution in [0.1, 0.15) is 363 Å². The van der Waals surface area contributed by atoms with Crippen molar-refractivity contribution in [1.82, 2.24) is 0 Å². The van der Waals surface area contributed by atoms with Gasteiger partial charge >= 0.3 is 39.5 Å². The lowest BCUT2D eigenvalue weighted by Gasteiger charge is -2.21. The first-order valence-corrected chi connectivity index (χ1v) is 41.3. The average Bonchev–Trinajstić information content (AvgIpc) is 1.15. The largest absolute Gasteiger partial charge is 0.472 e. The maximum Gasteiger partial charge on any atom is 0.472 e. The molecule has 2 unspecified atom stereocenters. The van der Waals surface area contributed by atoms with Gasteiger partial charge < -0.3 is 33.8 Å². The maximum absolute atomic E-state index is 13.1. The van der Waals surface area contributed by atoms with Crippen LogP contribution in [0.25, 0.3) is 0 Å². The molecule has 19 heteroatoms. The third-order valence-electron chi connectivity index (χ3n) is 16.8. The van der Waals surface area contributed by atoms with Gasteiger partial charge in [0.25, 0.3) is 0 Å². The molecule has 0 spiro atoms. The van der Waals surface area contributed by atoms with Gasteiger partial charge in [-0.3, -0.25) is 37.3 Å². The summed E-state index contributed by atoms with van der Waals surface area (Å²) in [5, 5.41) is 10.6. The standard InChI is InChI=1S/C75H142O17P2/c1-7-9-11-13-15-17-19-21-23-24-26-28-30-35-39-47-53-59-74(79)91-70(63-85-72(77)57-51-45-38-34-29-27-25-22-20-18-16-14-12-10-8-2)65-89-93(81,82)87-61-69(76)62-88-94(83,84)90-66-71(64-86-73(78)58-52-46-42-41-44-50-56-68(5)6)92-75(80)60-54-48-40-36-32-31-33-37-43-49-55-67(3)4/h18,20,22,25,67-71,76H,7-17,19,21,23-24,26-66H2,1-6H3,(H,81,82)(H,83,84)/b20-18-,25-22-/t69-,70-,71-/m1/s1. The molecular formula is C75H142O17P2. The van der Waals surface area contributed by atoms with E-state index in [9.17, 15) is 43.2 Å². The Balaban J connectivity index is 5.27. The number of aliphatic hydroxyl groups excluding tert-OH is 1. The van der Waals surface area contributed by atoms with Crippen molar-refractivity contribution in [2.24, 2.45) is 11.8 Å². The van der Waals surface area contributed by atoms with Gasteiger partial charge in [0.05, 0.1) is 26.4 Å². The normalized spacial score (nSPS) is 14.2. The molecule has 0 aliphatic heterocycles. The Hall–Kier alpha value is -2.46. The molecule has 5 atom stereocenters. The van der Waals surface area contributed by atoms with E-state index in [1.54, 1.807) is 0 Å². The van der Waals surface area contributed by atoms with E-state index in [1.807, 2.05) is 0 Å². The molecule has 0 aliphatic carbocycles. The van der Waals surface area contributed by atoms with Crippen molar-refractivity contribution < 1.29 is 80.2 Å². The lowest BCUT2D eigenvalue weighted by atomic mass is 10.0. The summed E-state index contributed by atoms with van der Waals surface area (Å²) < 4.78 is 68.4. The minimum Gasteiger partial charge on any atom is -0.462 e. The van der Waals surface area contributed by atoms with Crippen LogP contribution < -0.4 is 0 Å². The summed E-state index contributed by atoms with van der Waals surface area (Å²) in [5.74, 6) is -0.721. The Bertz CT molecular complexity index is 1910. The fourth-order valence-corrected chi connectivity index (χ4v) is 12.5. The van der Waals surface area contributed by atoms with E-state index in [0.717, 1.165) is 121 Å². The van der Waals surface area contributed by atoms with Gasteiger partial charge in [0.2, 0.25) is 0 Å². The fourth-order valence-electron chi connectivity index (χ4n) is 10.9. The highest BCUT2D eigenvalue weighted by Crippen LogP contribution is 2.45. The van der Waals surface area contributed by atoms with Crippen LogP contribution in [0.2, 0.25) is 0 Å². The number of esters is 4. The molecule has 17 nitrogen and oxygen atoms in total. The van der Waals surface area contributed by atoms with E-state index in [0.29, 0.717) is 31.6 Å². The Morgan fingerprint density at radius 1 is 0.330 bits per heavy atom. The average molecular weight is 1380 g/mol. The summed E-state index contributed by atoms with van der Waals surface area (Å²) in [6.45, 7) is 9.43. The fraction of sp³-hybridized carbons (Fsp3) is 0.893. The van der Waals surface area contributed by atoms with Gasteiger partial charge in [-0.2, -0.15) is 0 Å². The SMILES string of the molecule is CCCCCC/C=C\C=C/CCCCCCCC(=O)OC[C@H](COP(=O)(O)OC[C@@H](O)COP(=O)(O)OC[C@@H](COC(=O)CCCCCCCCC(C)C)OC(=O)CCCCCCCCCCCCC(C)C)OC(=O)CCCCCCCCCCCCCCCCCCC. The molecule has 0 saturated carbocycles. The molecule has 3 N–H and O–H groups in total. The Morgan fingerprint density at radius 2 is 0.574 bits per heavy atom. The molecule has 0 aliphatic rings. The first-order chi connectivity index (χ1) is 45.4. The number of aliphatic hydroxyl groups is 1. The summed E-state index contributed by atoms with van der Waals surface area (Å²) in [4.78, 5) is 72.7. The molecule has 0 amide bonds. The zero-order valence-corrected chi connectivity index (χ0v) is 62.5. The van der Waals surface area contributed by atoms with E-state index >= 15 is 0 Å². The minimum atomic E-state index is -4.96. The zero-order valence-electron chi connectivity index (χ0n) is 60.7. The highest BCUT2D eigenvalue weighted by molar-refractivity contribution is 7.47. The molecule has 0 bridgehead atoms. The Morgan fingerprint density at radius 3 is 0.872 bits per heavy atom. The van der Waals surface area contributed by atoms with Crippen molar-refractivity contribution in [2.45, 2.75) is 381 Å². The Labute approximate surface area is 573 Å². The van der Waals surface area contributed by atoms with Crippen LogP contribution in [0.15, 0.2) is 24.3 Å². The summed E-state index contributed by atoms with van der Waals surface area (Å²) in [6, 6.07) is 0. The second kappa shape index (κ2) is 66.4. The molecule has 0 aromatic rings. The number of hydrogen-bond donors (Lipinski definition) is 3. The quantitative estimate of drug-likeness (QED) is 0.0169. The summed E-state index contributed by atoms with van der Waals surface area (Å²) in [7, 11) is -9.92. The first kappa shape index (κ1) is 91.5. The molecule has 0 rings (SSSR count). The first-order valence-electron chi connectivity index (χ1n) is 38.3. The number of allylic oxidation sites excluding steroid dienone is 4. The summed E-state index contributed by atoms with van der Waals surface area (Å²) in [5.41, 5.74) is 0. The van der Waals surface area contributed by atoms with Gasteiger partial charge in [0, 0.05) is 25.7 Å². The Kier molecular flexibility index (Phi) is 64.7. The zero-order chi connectivity index (χ0) is 69.3. The molecule has 0 saturated heterocycles. The van der Waals surface area contributed by atoms with E-state index in [1.165, 1.54) is 154 Å². The van der Waals surface area contributed by atoms with E-state index in [-0.39, 0.29) is 25.7 Å². The van der Waals surface area contributed by atoms with Crippen molar-refractivity contribution in [3.63, 3.8) is 0 Å². The van der Waals surface area contributed by atoms with Crippen LogP contribution in [0.4, 0.5) is 0 Å². The van der Waals surface area contributed by atoms with Crippen molar-refractivity contribution in [3.8, 4) is 0 Å². The second-order valence-corrected chi connectivity index (χ2v) is 30.2.